The van der Waals surface area contributed by atoms with Gasteiger partial charge in [0.2, 0.25) is 0 Å². The Kier molecular flexibility index (Phi) is 5.96. The zero-order valence-electron chi connectivity index (χ0n) is 13.4. The Balaban J connectivity index is 1.71. The van der Waals surface area contributed by atoms with Gasteiger partial charge in [0.05, 0.1) is 16.4 Å². The van der Waals surface area contributed by atoms with Gasteiger partial charge in [0, 0.05) is 44.0 Å². The summed E-state index contributed by atoms with van der Waals surface area (Å²) in [5.74, 6) is 0.903. The lowest BCUT2D eigenvalue weighted by Crippen LogP contribution is -2.45. The zero-order valence-corrected chi connectivity index (χ0v) is 14.2. The summed E-state index contributed by atoms with van der Waals surface area (Å²) in [5.41, 5.74) is 0.835. The molecule has 1 fully saturated rings. The van der Waals surface area contributed by atoms with Crippen LogP contribution in [0.2, 0.25) is 0 Å². The SMILES string of the molecule is CN=C(NCCNc1ccc([N+](=O)[O-])cc1)NC1CCS(=O)(=O)C1. The highest BCUT2D eigenvalue weighted by atomic mass is 32.2. The van der Waals surface area contributed by atoms with Crippen LogP contribution in [-0.2, 0) is 9.84 Å². The number of nitro groups is 1. The lowest BCUT2D eigenvalue weighted by Gasteiger charge is -2.16. The van der Waals surface area contributed by atoms with Crippen molar-refractivity contribution in [3.05, 3.63) is 34.4 Å². The molecule has 1 saturated heterocycles. The first kappa shape index (κ1) is 18.0. The summed E-state index contributed by atoms with van der Waals surface area (Å²) in [6.45, 7) is 1.15. The minimum atomic E-state index is -2.93. The first-order chi connectivity index (χ1) is 11.4. The number of benzene rings is 1. The van der Waals surface area contributed by atoms with Gasteiger partial charge in [-0.1, -0.05) is 0 Å². The molecule has 1 heterocycles. The lowest BCUT2D eigenvalue weighted by molar-refractivity contribution is -0.384. The molecule has 24 heavy (non-hydrogen) atoms. The van der Waals surface area contributed by atoms with Gasteiger partial charge < -0.3 is 16.0 Å². The van der Waals surface area contributed by atoms with Crippen molar-refractivity contribution in [2.45, 2.75) is 12.5 Å². The highest BCUT2D eigenvalue weighted by Crippen LogP contribution is 2.15. The minimum absolute atomic E-state index is 0.0507. The predicted molar refractivity (Wildman–Crippen MR) is 93.1 cm³/mol. The fraction of sp³-hybridized carbons (Fsp3) is 0.500. The molecule has 1 unspecified atom stereocenters. The van der Waals surface area contributed by atoms with E-state index in [-0.39, 0.29) is 23.2 Å². The summed E-state index contributed by atoms with van der Waals surface area (Å²) < 4.78 is 22.9. The van der Waals surface area contributed by atoms with Gasteiger partial charge in [-0.05, 0) is 18.6 Å². The van der Waals surface area contributed by atoms with Crippen molar-refractivity contribution in [1.82, 2.24) is 10.6 Å². The lowest BCUT2D eigenvalue weighted by atomic mass is 10.3. The van der Waals surface area contributed by atoms with Crippen molar-refractivity contribution in [1.29, 1.82) is 0 Å². The number of sulfone groups is 1. The summed E-state index contributed by atoms with van der Waals surface area (Å²) >= 11 is 0. The summed E-state index contributed by atoms with van der Waals surface area (Å²) in [5, 5.41) is 19.9. The van der Waals surface area contributed by atoms with Crippen molar-refractivity contribution < 1.29 is 13.3 Å². The number of anilines is 1. The molecule has 1 aromatic rings. The van der Waals surface area contributed by atoms with E-state index in [4.69, 9.17) is 0 Å². The maximum atomic E-state index is 11.4. The minimum Gasteiger partial charge on any atom is -0.383 e. The molecule has 0 amide bonds. The van der Waals surface area contributed by atoms with Crippen LogP contribution in [-0.4, -0.2) is 57.0 Å². The number of guanidine groups is 1. The second-order valence-electron chi connectivity index (χ2n) is 5.47. The largest absolute Gasteiger partial charge is 0.383 e. The summed E-state index contributed by atoms with van der Waals surface area (Å²) in [6.07, 6.45) is 0.587. The van der Waals surface area contributed by atoms with E-state index in [2.05, 4.69) is 20.9 Å². The summed E-state index contributed by atoms with van der Waals surface area (Å²) in [4.78, 5) is 14.2. The van der Waals surface area contributed by atoms with Crippen molar-refractivity contribution in [2.75, 3.05) is 37.0 Å². The van der Waals surface area contributed by atoms with E-state index in [0.29, 0.717) is 25.5 Å². The second-order valence-corrected chi connectivity index (χ2v) is 7.70. The molecule has 2 rings (SSSR count). The van der Waals surface area contributed by atoms with E-state index >= 15 is 0 Å². The number of nitro benzene ring substituents is 1. The van der Waals surface area contributed by atoms with Crippen LogP contribution in [0.5, 0.6) is 0 Å². The molecule has 0 saturated carbocycles. The number of hydrogen-bond donors (Lipinski definition) is 3. The van der Waals surface area contributed by atoms with Gasteiger partial charge in [0.15, 0.2) is 15.8 Å². The molecule has 0 bridgehead atoms. The molecule has 132 valence electrons. The molecule has 0 aromatic heterocycles. The van der Waals surface area contributed by atoms with Crippen LogP contribution in [0.15, 0.2) is 29.3 Å². The van der Waals surface area contributed by atoms with Gasteiger partial charge in [-0.15, -0.1) is 0 Å². The molecule has 0 aliphatic carbocycles. The van der Waals surface area contributed by atoms with E-state index in [1.165, 1.54) is 12.1 Å². The van der Waals surface area contributed by atoms with Crippen molar-refractivity contribution in [3.8, 4) is 0 Å². The van der Waals surface area contributed by atoms with Crippen LogP contribution >= 0.6 is 0 Å². The molecule has 0 radical (unpaired) electrons. The third kappa shape index (κ3) is 5.37. The topological polar surface area (TPSA) is 126 Å². The average molecular weight is 355 g/mol. The third-order valence-corrected chi connectivity index (χ3v) is 5.39. The number of aliphatic imine (C=N–C) groups is 1. The zero-order chi connectivity index (χ0) is 17.6. The number of nitrogens with zero attached hydrogens (tertiary/aromatic N) is 2. The first-order valence-corrected chi connectivity index (χ1v) is 9.38. The van der Waals surface area contributed by atoms with Gasteiger partial charge >= 0.3 is 0 Å². The molecule has 0 spiro atoms. The Morgan fingerprint density at radius 1 is 1.33 bits per heavy atom. The number of nitrogens with one attached hydrogen (secondary N) is 3. The van der Waals surface area contributed by atoms with Gasteiger partial charge in [-0.25, -0.2) is 8.42 Å². The van der Waals surface area contributed by atoms with Crippen LogP contribution in [0, 0.1) is 10.1 Å². The van der Waals surface area contributed by atoms with E-state index in [1.807, 2.05) is 0 Å². The fourth-order valence-corrected chi connectivity index (χ4v) is 4.06. The molecule has 1 aliphatic rings. The van der Waals surface area contributed by atoms with Crippen LogP contribution in [0.4, 0.5) is 11.4 Å². The molecular weight excluding hydrogens is 334 g/mol. The molecule has 10 heteroatoms. The summed E-state index contributed by atoms with van der Waals surface area (Å²) in [7, 11) is -1.30. The third-order valence-electron chi connectivity index (χ3n) is 3.62. The van der Waals surface area contributed by atoms with Crippen LogP contribution in [0.25, 0.3) is 0 Å². The highest BCUT2D eigenvalue weighted by Gasteiger charge is 2.28. The Labute approximate surface area is 140 Å². The van der Waals surface area contributed by atoms with Gasteiger partial charge in [-0.3, -0.25) is 15.1 Å². The Morgan fingerprint density at radius 3 is 2.58 bits per heavy atom. The maximum Gasteiger partial charge on any atom is 0.269 e. The quantitative estimate of drug-likeness (QED) is 0.221. The molecule has 1 aliphatic heterocycles. The predicted octanol–water partition coefficient (Wildman–Crippen LogP) is 0.359. The van der Waals surface area contributed by atoms with Gasteiger partial charge in [0.1, 0.15) is 0 Å². The molecule has 3 N–H and O–H groups in total. The van der Waals surface area contributed by atoms with Crippen LogP contribution < -0.4 is 16.0 Å². The molecule has 9 nitrogen and oxygen atoms in total. The highest BCUT2D eigenvalue weighted by molar-refractivity contribution is 7.91. The maximum absolute atomic E-state index is 11.4. The number of non-ortho nitro benzene ring substituents is 1. The second kappa shape index (κ2) is 7.95. The molecule has 1 aromatic carbocycles. The Bertz CT molecular complexity index is 702. The Hall–Kier alpha value is -2.36. The molecular formula is C14H21N5O4S. The van der Waals surface area contributed by atoms with Crippen molar-refractivity contribution in [2.24, 2.45) is 4.99 Å². The van der Waals surface area contributed by atoms with Crippen LogP contribution in [0.1, 0.15) is 6.42 Å². The average Bonchev–Trinajstić information content (AvgIpc) is 2.89. The molecule has 1 atom stereocenters. The van der Waals surface area contributed by atoms with Crippen molar-refractivity contribution >= 4 is 27.2 Å². The van der Waals surface area contributed by atoms with E-state index in [1.54, 1.807) is 19.2 Å². The van der Waals surface area contributed by atoms with E-state index in [9.17, 15) is 18.5 Å². The van der Waals surface area contributed by atoms with E-state index < -0.39 is 14.8 Å². The fourth-order valence-electron chi connectivity index (χ4n) is 2.39. The first-order valence-electron chi connectivity index (χ1n) is 7.55. The van der Waals surface area contributed by atoms with Crippen LogP contribution in [0.3, 0.4) is 0 Å². The van der Waals surface area contributed by atoms with Crippen molar-refractivity contribution in [3.63, 3.8) is 0 Å². The number of hydrogen-bond acceptors (Lipinski definition) is 6. The van der Waals surface area contributed by atoms with E-state index in [0.717, 1.165) is 5.69 Å². The number of rotatable bonds is 6. The van der Waals surface area contributed by atoms with Gasteiger partial charge in [-0.2, -0.15) is 0 Å². The monoisotopic (exact) mass is 355 g/mol. The smallest absolute Gasteiger partial charge is 0.269 e. The normalized spacial score (nSPS) is 19.7. The standard InChI is InChI=1S/C14H21N5O4S/c1-15-14(18-12-6-9-24(22,23)10-12)17-8-7-16-11-2-4-13(5-3-11)19(20)21/h2-5,12,16H,6-10H2,1H3,(H2,15,17,18). The van der Waals surface area contributed by atoms with Gasteiger partial charge in [0.25, 0.3) is 5.69 Å². The summed E-state index contributed by atoms with van der Waals surface area (Å²) in [6, 6.07) is 6.07. The Morgan fingerprint density at radius 2 is 2.04 bits per heavy atom.